The van der Waals surface area contributed by atoms with Crippen LogP contribution in [0.3, 0.4) is 0 Å². The van der Waals surface area contributed by atoms with Gasteiger partial charge in [0, 0.05) is 0 Å². The van der Waals surface area contributed by atoms with Gasteiger partial charge in [0.2, 0.25) is 0 Å². The fourth-order valence-electron chi connectivity index (χ4n) is 0.953. The van der Waals surface area contributed by atoms with E-state index >= 15 is 0 Å². The van der Waals surface area contributed by atoms with Crippen LogP contribution < -0.4 is 0 Å². The van der Waals surface area contributed by atoms with Crippen LogP contribution in [0.4, 0.5) is 0 Å². The summed E-state index contributed by atoms with van der Waals surface area (Å²) in [6, 6.07) is 0. The Bertz CT molecular complexity index is 104. The van der Waals surface area contributed by atoms with E-state index in [9.17, 15) is 4.79 Å². The van der Waals surface area contributed by atoms with Crippen molar-refractivity contribution in [1.82, 2.24) is 0 Å². The molecule has 64 valence electrons. The zero-order valence-electron chi connectivity index (χ0n) is 6.76. The summed E-state index contributed by atoms with van der Waals surface area (Å²) in [5.74, 6) is -0.754. The molecule has 0 rings (SSSR count). The number of hydrogen-bond donors (Lipinski definition) is 1. The molecule has 0 saturated heterocycles. The van der Waals surface area contributed by atoms with E-state index in [-0.39, 0.29) is 43.7 Å². The van der Waals surface area contributed by atoms with Crippen molar-refractivity contribution in [2.45, 2.75) is 39.5 Å². The standard InChI is InChI=1S/C8H16O2.Ca.2H/c1-3-5-6-7(4-2)8(9)10;;;/h7H,3-6H2,1-2H3,(H,9,10);;;. The molecule has 0 aromatic carbocycles. The van der Waals surface area contributed by atoms with Crippen LogP contribution >= 0.6 is 0 Å². The molecule has 0 spiro atoms. The van der Waals surface area contributed by atoms with Crippen LogP contribution in [0.1, 0.15) is 39.5 Å². The summed E-state index contributed by atoms with van der Waals surface area (Å²) >= 11 is 0. The van der Waals surface area contributed by atoms with Gasteiger partial charge in [-0.3, -0.25) is 4.79 Å². The third-order valence-corrected chi connectivity index (χ3v) is 1.75. The monoisotopic (exact) mass is 186 g/mol. The van der Waals surface area contributed by atoms with Gasteiger partial charge in [0.1, 0.15) is 0 Å². The molecule has 0 aromatic rings. The Balaban J connectivity index is 0. The van der Waals surface area contributed by atoms with Crippen LogP contribution in [0.2, 0.25) is 0 Å². The Kier molecular flexibility index (Phi) is 11.4. The second-order valence-corrected chi connectivity index (χ2v) is 2.59. The van der Waals surface area contributed by atoms with Gasteiger partial charge in [-0.25, -0.2) is 0 Å². The van der Waals surface area contributed by atoms with Gasteiger partial charge >= 0.3 is 43.7 Å². The van der Waals surface area contributed by atoms with E-state index in [4.69, 9.17) is 5.11 Å². The predicted molar refractivity (Wildman–Crippen MR) is 49.5 cm³/mol. The first-order valence-electron chi connectivity index (χ1n) is 3.95. The molecular formula is C8H18CaO2. The summed E-state index contributed by atoms with van der Waals surface area (Å²) in [5, 5.41) is 8.60. The van der Waals surface area contributed by atoms with Gasteiger partial charge in [-0.05, 0) is 12.8 Å². The molecule has 1 N–H and O–H groups in total. The molecule has 0 aliphatic heterocycles. The van der Waals surface area contributed by atoms with E-state index < -0.39 is 5.97 Å². The zero-order valence-corrected chi connectivity index (χ0v) is 6.76. The second-order valence-electron chi connectivity index (χ2n) is 2.59. The van der Waals surface area contributed by atoms with Crippen LogP contribution in [0.25, 0.3) is 0 Å². The molecule has 0 aromatic heterocycles. The van der Waals surface area contributed by atoms with E-state index in [1.165, 1.54) is 0 Å². The molecule has 0 aliphatic carbocycles. The SMILES string of the molecule is CCCCC(CC)C(=O)O.[CaH2]. The Hall–Kier alpha value is 0.730. The van der Waals surface area contributed by atoms with Crippen molar-refractivity contribution in [2.75, 3.05) is 0 Å². The van der Waals surface area contributed by atoms with E-state index in [1.807, 2.05) is 6.92 Å². The van der Waals surface area contributed by atoms with Gasteiger partial charge in [0.15, 0.2) is 0 Å². The maximum atomic E-state index is 10.4. The van der Waals surface area contributed by atoms with Crippen LogP contribution in [0, 0.1) is 5.92 Å². The van der Waals surface area contributed by atoms with Gasteiger partial charge < -0.3 is 5.11 Å². The van der Waals surface area contributed by atoms with Crippen LogP contribution in [-0.4, -0.2) is 48.8 Å². The van der Waals surface area contributed by atoms with Crippen molar-refractivity contribution >= 4 is 43.7 Å². The molecule has 11 heavy (non-hydrogen) atoms. The van der Waals surface area contributed by atoms with Crippen molar-refractivity contribution in [1.29, 1.82) is 0 Å². The predicted octanol–water partition coefficient (Wildman–Crippen LogP) is 1.37. The summed E-state index contributed by atoms with van der Waals surface area (Å²) in [7, 11) is 0. The third-order valence-electron chi connectivity index (χ3n) is 1.75. The van der Waals surface area contributed by atoms with Crippen molar-refractivity contribution in [3.8, 4) is 0 Å². The van der Waals surface area contributed by atoms with E-state index in [0.717, 1.165) is 25.7 Å². The molecule has 0 saturated carbocycles. The molecule has 0 radical (unpaired) electrons. The third kappa shape index (κ3) is 7.10. The summed E-state index contributed by atoms with van der Waals surface area (Å²) in [6.07, 6.45) is 3.71. The minimum absolute atomic E-state index is 0. The van der Waals surface area contributed by atoms with Crippen molar-refractivity contribution in [3.05, 3.63) is 0 Å². The first kappa shape index (κ1) is 14.3. The Morgan fingerprint density at radius 2 is 2.00 bits per heavy atom. The molecule has 0 aliphatic rings. The summed E-state index contributed by atoms with van der Waals surface area (Å²) in [5.41, 5.74) is 0. The Labute approximate surface area is 98.4 Å². The Morgan fingerprint density at radius 3 is 2.27 bits per heavy atom. The molecule has 0 heterocycles. The van der Waals surface area contributed by atoms with Gasteiger partial charge in [0.25, 0.3) is 0 Å². The number of rotatable bonds is 5. The number of unbranched alkanes of at least 4 members (excludes halogenated alkanes) is 1. The van der Waals surface area contributed by atoms with Gasteiger partial charge in [-0.2, -0.15) is 0 Å². The van der Waals surface area contributed by atoms with Gasteiger partial charge in [-0.1, -0.05) is 26.7 Å². The maximum absolute atomic E-state index is 10.4. The molecule has 1 atom stereocenters. The summed E-state index contributed by atoms with van der Waals surface area (Å²) < 4.78 is 0. The van der Waals surface area contributed by atoms with Gasteiger partial charge in [0.05, 0.1) is 5.92 Å². The van der Waals surface area contributed by atoms with Crippen molar-refractivity contribution in [2.24, 2.45) is 5.92 Å². The molecule has 1 unspecified atom stereocenters. The number of carboxylic acid groups (broad SMARTS) is 1. The van der Waals surface area contributed by atoms with Crippen molar-refractivity contribution < 1.29 is 9.90 Å². The molecule has 0 bridgehead atoms. The number of hydrogen-bond acceptors (Lipinski definition) is 1. The molecular weight excluding hydrogens is 168 g/mol. The minimum atomic E-state index is -0.643. The summed E-state index contributed by atoms with van der Waals surface area (Å²) in [6.45, 7) is 4.00. The molecule has 0 fully saturated rings. The fraction of sp³-hybridized carbons (Fsp3) is 0.875. The number of carbonyl (C=O) groups is 1. The van der Waals surface area contributed by atoms with E-state index in [1.54, 1.807) is 0 Å². The summed E-state index contributed by atoms with van der Waals surface area (Å²) in [4.78, 5) is 10.4. The topological polar surface area (TPSA) is 37.3 Å². The zero-order chi connectivity index (χ0) is 7.98. The first-order chi connectivity index (χ1) is 4.72. The quantitative estimate of drug-likeness (QED) is 0.658. The fourth-order valence-corrected chi connectivity index (χ4v) is 0.953. The second kappa shape index (κ2) is 8.82. The van der Waals surface area contributed by atoms with Crippen LogP contribution in [0.5, 0.6) is 0 Å². The van der Waals surface area contributed by atoms with Gasteiger partial charge in [-0.15, -0.1) is 0 Å². The Morgan fingerprint density at radius 1 is 1.45 bits per heavy atom. The average molecular weight is 186 g/mol. The average Bonchev–Trinajstić information content (AvgIpc) is 1.89. The van der Waals surface area contributed by atoms with E-state index in [0.29, 0.717) is 0 Å². The van der Waals surface area contributed by atoms with E-state index in [2.05, 4.69) is 6.92 Å². The number of carboxylic acids is 1. The molecule has 2 nitrogen and oxygen atoms in total. The number of aliphatic carboxylic acids is 1. The van der Waals surface area contributed by atoms with Crippen LogP contribution in [-0.2, 0) is 4.79 Å². The first-order valence-corrected chi connectivity index (χ1v) is 3.95. The molecule has 3 heteroatoms. The molecule has 0 amide bonds. The van der Waals surface area contributed by atoms with Crippen LogP contribution in [0.15, 0.2) is 0 Å². The van der Waals surface area contributed by atoms with Crippen molar-refractivity contribution in [3.63, 3.8) is 0 Å². The normalized spacial score (nSPS) is 11.8.